The van der Waals surface area contributed by atoms with Crippen LogP contribution in [-0.2, 0) is 9.47 Å². The van der Waals surface area contributed by atoms with Gasteiger partial charge in [0.25, 0.3) is 0 Å². The summed E-state index contributed by atoms with van der Waals surface area (Å²) in [6.45, 7) is 8.86. The topological polar surface area (TPSA) is 21.7 Å². The van der Waals surface area contributed by atoms with Crippen LogP contribution in [0.1, 0.15) is 13.8 Å². The predicted molar refractivity (Wildman–Crippen MR) is 61.1 cm³/mol. The molecule has 0 amide bonds. The molecular formula is C10H20BrNO2. The van der Waals surface area contributed by atoms with E-state index in [1.807, 2.05) is 6.92 Å². The Morgan fingerprint density at radius 2 is 2.29 bits per heavy atom. The molecule has 1 heterocycles. The summed E-state index contributed by atoms with van der Waals surface area (Å²) in [7, 11) is 0. The van der Waals surface area contributed by atoms with Gasteiger partial charge in [-0.25, -0.2) is 0 Å². The second-order valence-corrected chi connectivity index (χ2v) is 4.33. The smallest absolute Gasteiger partial charge is 0.0802 e. The minimum Gasteiger partial charge on any atom is -0.380 e. The third-order valence-electron chi connectivity index (χ3n) is 2.33. The second-order valence-electron chi connectivity index (χ2n) is 3.68. The molecule has 4 heteroatoms. The molecule has 2 unspecified atom stereocenters. The van der Waals surface area contributed by atoms with Crippen molar-refractivity contribution in [3.05, 3.63) is 0 Å². The lowest BCUT2D eigenvalue weighted by molar-refractivity contribution is -0.0701. The molecule has 0 bridgehead atoms. The third kappa shape index (κ3) is 4.26. The molecule has 84 valence electrons. The van der Waals surface area contributed by atoms with Crippen molar-refractivity contribution < 1.29 is 9.47 Å². The molecule has 1 aliphatic rings. The summed E-state index contributed by atoms with van der Waals surface area (Å²) in [6, 6.07) is 0. The van der Waals surface area contributed by atoms with Gasteiger partial charge >= 0.3 is 0 Å². The van der Waals surface area contributed by atoms with Crippen molar-refractivity contribution in [2.24, 2.45) is 0 Å². The Bertz CT molecular complexity index is 157. The van der Waals surface area contributed by atoms with Gasteiger partial charge in [-0.1, -0.05) is 15.9 Å². The van der Waals surface area contributed by atoms with Gasteiger partial charge in [-0.3, -0.25) is 4.90 Å². The number of alkyl halides is 1. The Morgan fingerprint density at radius 3 is 2.93 bits per heavy atom. The van der Waals surface area contributed by atoms with Crippen LogP contribution in [-0.4, -0.2) is 55.3 Å². The van der Waals surface area contributed by atoms with Gasteiger partial charge < -0.3 is 9.47 Å². The highest BCUT2D eigenvalue weighted by molar-refractivity contribution is 9.09. The second kappa shape index (κ2) is 6.77. The molecule has 1 saturated heterocycles. The Balaban J connectivity index is 2.23. The molecule has 1 aliphatic heterocycles. The fourth-order valence-corrected chi connectivity index (χ4v) is 2.10. The molecule has 1 rings (SSSR count). The first-order valence-electron chi connectivity index (χ1n) is 5.27. The molecule has 0 saturated carbocycles. The molecule has 0 spiro atoms. The molecule has 14 heavy (non-hydrogen) atoms. The number of hydrogen-bond donors (Lipinski definition) is 0. The molecule has 0 aromatic heterocycles. The van der Waals surface area contributed by atoms with E-state index in [4.69, 9.17) is 9.47 Å². The zero-order chi connectivity index (χ0) is 10.4. The zero-order valence-electron chi connectivity index (χ0n) is 9.04. The van der Waals surface area contributed by atoms with Gasteiger partial charge in [-0.05, 0) is 13.8 Å². The van der Waals surface area contributed by atoms with E-state index in [0.717, 1.165) is 38.2 Å². The fourth-order valence-electron chi connectivity index (χ4n) is 1.75. The van der Waals surface area contributed by atoms with E-state index in [1.54, 1.807) is 0 Å². The maximum Gasteiger partial charge on any atom is 0.0802 e. The summed E-state index contributed by atoms with van der Waals surface area (Å²) in [5.41, 5.74) is 0. The van der Waals surface area contributed by atoms with Crippen molar-refractivity contribution in [1.82, 2.24) is 4.90 Å². The van der Waals surface area contributed by atoms with Crippen LogP contribution in [0.15, 0.2) is 0 Å². The first-order valence-corrected chi connectivity index (χ1v) is 6.40. The number of rotatable bonds is 5. The normalized spacial score (nSPS) is 29.4. The first-order chi connectivity index (χ1) is 6.76. The average molecular weight is 266 g/mol. The molecule has 2 atom stereocenters. The number of morpholine rings is 1. The van der Waals surface area contributed by atoms with Crippen molar-refractivity contribution in [1.29, 1.82) is 0 Å². The van der Waals surface area contributed by atoms with Crippen molar-refractivity contribution >= 4 is 15.9 Å². The SMILES string of the molecule is CCOCCN1CC(C)OC(CBr)C1. The predicted octanol–water partition coefficient (Wildman–Crippen LogP) is 1.51. The van der Waals surface area contributed by atoms with E-state index < -0.39 is 0 Å². The van der Waals surface area contributed by atoms with Crippen LogP contribution in [0, 0.1) is 0 Å². The minimum absolute atomic E-state index is 0.334. The Hall–Kier alpha value is 0.360. The van der Waals surface area contributed by atoms with Crippen LogP contribution in [0.5, 0.6) is 0 Å². The molecular weight excluding hydrogens is 246 g/mol. The molecule has 1 fully saturated rings. The van der Waals surface area contributed by atoms with Crippen molar-refractivity contribution in [3.63, 3.8) is 0 Å². The molecule has 3 nitrogen and oxygen atoms in total. The quantitative estimate of drug-likeness (QED) is 0.556. The Labute approximate surface area is 94.9 Å². The van der Waals surface area contributed by atoms with Crippen LogP contribution in [0.2, 0.25) is 0 Å². The van der Waals surface area contributed by atoms with Gasteiger partial charge in [0.15, 0.2) is 0 Å². The summed E-state index contributed by atoms with van der Waals surface area (Å²) in [6.07, 6.45) is 0.674. The number of ether oxygens (including phenoxy) is 2. The number of hydrogen-bond acceptors (Lipinski definition) is 3. The lowest BCUT2D eigenvalue weighted by Gasteiger charge is -2.36. The third-order valence-corrected chi connectivity index (χ3v) is 3.05. The zero-order valence-corrected chi connectivity index (χ0v) is 10.6. The summed E-state index contributed by atoms with van der Waals surface area (Å²) >= 11 is 3.46. The number of halogens is 1. The molecule has 0 aromatic carbocycles. The van der Waals surface area contributed by atoms with Gasteiger partial charge in [0.1, 0.15) is 0 Å². The highest BCUT2D eigenvalue weighted by Crippen LogP contribution is 2.12. The highest BCUT2D eigenvalue weighted by Gasteiger charge is 2.23. The van der Waals surface area contributed by atoms with Crippen LogP contribution < -0.4 is 0 Å². The Kier molecular flexibility index (Phi) is 6.01. The van der Waals surface area contributed by atoms with Crippen LogP contribution in [0.4, 0.5) is 0 Å². The molecule has 0 N–H and O–H groups in total. The van der Waals surface area contributed by atoms with Gasteiger partial charge in [0.2, 0.25) is 0 Å². The van der Waals surface area contributed by atoms with Crippen molar-refractivity contribution in [3.8, 4) is 0 Å². The molecule has 0 aromatic rings. The maximum absolute atomic E-state index is 5.74. The van der Waals surface area contributed by atoms with Crippen LogP contribution in [0.3, 0.4) is 0 Å². The maximum atomic E-state index is 5.74. The lowest BCUT2D eigenvalue weighted by Crippen LogP contribution is -2.48. The van der Waals surface area contributed by atoms with Gasteiger partial charge in [-0.15, -0.1) is 0 Å². The van der Waals surface area contributed by atoms with E-state index >= 15 is 0 Å². The van der Waals surface area contributed by atoms with Crippen molar-refractivity contribution in [2.75, 3.05) is 38.2 Å². The highest BCUT2D eigenvalue weighted by atomic mass is 79.9. The first kappa shape index (κ1) is 12.4. The van der Waals surface area contributed by atoms with E-state index in [2.05, 4.69) is 27.8 Å². The monoisotopic (exact) mass is 265 g/mol. The van der Waals surface area contributed by atoms with Gasteiger partial charge in [0, 0.05) is 31.6 Å². The largest absolute Gasteiger partial charge is 0.380 e. The summed E-state index contributed by atoms with van der Waals surface area (Å²) in [4.78, 5) is 2.41. The number of nitrogens with zero attached hydrogens (tertiary/aromatic N) is 1. The lowest BCUT2D eigenvalue weighted by atomic mass is 10.2. The van der Waals surface area contributed by atoms with Crippen molar-refractivity contribution in [2.45, 2.75) is 26.1 Å². The fraction of sp³-hybridized carbons (Fsp3) is 1.00. The molecule has 0 radical (unpaired) electrons. The summed E-state index contributed by atoms with van der Waals surface area (Å²) in [5.74, 6) is 0. The summed E-state index contributed by atoms with van der Waals surface area (Å²) < 4.78 is 11.1. The summed E-state index contributed by atoms with van der Waals surface area (Å²) in [5, 5.41) is 0.919. The van der Waals surface area contributed by atoms with Crippen LogP contribution >= 0.6 is 15.9 Å². The Morgan fingerprint density at radius 1 is 1.50 bits per heavy atom. The van der Waals surface area contributed by atoms with E-state index in [0.29, 0.717) is 12.2 Å². The standard InChI is InChI=1S/C10H20BrNO2/c1-3-13-5-4-12-7-9(2)14-10(6-11)8-12/h9-10H,3-8H2,1-2H3. The average Bonchev–Trinajstić information content (AvgIpc) is 2.17. The van der Waals surface area contributed by atoms with Crippen LogP contribution in [0.25, 0.3) is 0 Å². The van der Waals surface area contributed by atoms with E-state index in [-0.39, 0.29) is 0 Å². The van der Waals surface area contributed by atoms with Gasteiger partial charge in [-0.2, -0.15) is 0 Å². The van der Waals surface area contributed by atoms with E-state index in [9.17, 15) is 0 Å². The molecule has 0 aliphatic carbocycles. The van der Waals surface area contributed by atoms with E-state index in [1.165, 1.54) is 0 Å². The minimum atomic E-state index is 0.334. The van der Waals surface area contributed by atoms with Gasteiger partial charge in [0.05, 0.1) is 18.8 Å².